The zero-order valence-electron chi connectivity index (χ0n) is 3.00. The minimum absolute atomic E-state index is 0. The van der Waals surface area contributed by atoms with Gasteiger partial charge in [-0.05, 0) is 0 Å². The maximum absolute atomic E-state index is 6.75. The van der Waals surface area contributed by atoms with Crippen LogP contribution < -0.4 is 0 Å². The zero-order chi connectivity index (χ0) is 5.41. The van der Waals surface area contributed by atoms with Crippen molar-refractivity contribution in [2.45, 2.75) is 0 Å². The molecule has 0 atom stereocenters. The van der Waals surface area contributed by atoms with Gasteiger partial charge in [0.05, 0.1) is 0 Å². The van der Waals surface area contributed by atoms with Crippen LogP contribution in [0.4, 0.5) is 0 Å². The average Bonchev–Trinajstić information content (AvgIpc) is 1.39. The van der Waals surface area contributed by atoms with Crippen LogP contribution in [0, 0.1) is 0 Å². The van der Waals surface area contributed by atoms with E-state index in [1.807, 2.05) is 0 Å². The molecule has 40 valence electrons. The summed E-state index contributed by atoms with van der Waals surface area (Å²) in [6, 6.07) is 0. The topological polar surface area (TPSA) is 117 Å². The SMILES string of the molecule is [N-]=[N+]=[N-].[N-]=[N+]=[N-].[Pd+2]. The predicted octanol–water partition coefficient (Wildman–Crippen LogP) is 1.73. The van der Waals surface area contributed by atoms with E-state index in [-0.39, 0.29) is 20.4 Å². The molecular formula is N6Pd. The number of rotatable bonds is 0. The first-order valence-corrected chi connectivity index (χ1v) is 0.800. The van der Waals surface area contributed by atoms with Gasteiger partial charge in [-0.15, -0.1) is 0 Å². The Kier molecular flexibility index (Phi) is 137. The summed E-state index contributed by atoms with van der Waals surface area (Å²) >= 11 is 0. The van der Waals surface area contributed by atoms with E-state index in [1.165, 1.54) is 9.82 Å². The number of nitrogens with zero attached hydrogens (tertiary/aromatic N) is 6. The van der Waals surface area contributed by atoms with Crippen LogP contribution in [0.5, 0.6) is 0 Å². The van der Waals surface area contributed by atoms with Crippen LogP contribution in [0.2, 0.25) is 0 Å². The minimum atomic E-state index is 0. The van der Waals surface area contributed by atoms with Gasteiger partial charge in [-0.2, -0.15) is 0 Å². The van der Waals surface area contributed by atoms with Crippen LogP contribution in [0.25, 0.3) is 31.9 Å². The summed E-state index contributed by atoms with van der Waals surface area (Å²) in [4.78, 5) is 3.00. The molecule has 0 rings (SSSR count). The Morgan fingerprint density at radius 1 is 0.714 bits per heavy atom. The summed E-state index contributed by atoms with van der Waals surface area (Å²) < 4.78 is 0. The van der Waals surface area contributed by atoms with Gasteiger partial charge in [-0.3, -0.25) is 9.82 Å². The largest absolute Gasteiger partial charge is 2.00 e. The van der Waals surface area contributed by atoms with E-state index in [2.05, 4.69) is 0 Å². The molecule has 0 aliphatic rings. The van der Waals surface area contributed by atoms with Crippen LogP contribution in [0.1, 0.15) is 0 Å². The van der Waals surface area contributed by atoms with E-state index in [1.54, 1.807) is 0 Å². The van der Waals surface area contributed by atoms with Crippen molar-refractivity contribution in [2.75, 3.05) is 0 Å². The van der Waals surface area contributed by atoms with E-state index < -0.39 is 0 Å². The smallest absolute Gasteiger partial charge is 0.373 e. The fraction of sp³-hybridized carbons (Fsp3) is 0. The third kappa shape index (κ3) is 110. The van der Waals surface area contributed by atoms with Crippen molar-refractivity contribution in [3.63, 3.8) is 0 Å². The van der Waals surface area contributed by atoms with Crippen LogP contribution >= 0.6 is 0 Å². The summed E-state index contributed by atoms with van der Waals surface area (Å²) in [7, 11) is 0. The normalized spacial score (nSPS) is 2.29. The molecule has 0 unspecified atom stereocenters. The fourth-order valence-corrected chi connectivity index (χ4v) is 0. The van der Waals surface area contributed by atoms with Gasteiger partial charge in [0, 0.05) is 0 Å². The second-order valence-corrected chi connectivity index (χ2v) is 0.179. The first-order chi connectivity index (χ1) is 2.83. The molecule has 0 heterocycles. The van der Waals surface area contributed by atoms with Gasteiger partial charge in [0.15, 0.2) is 0 Å². The first kappa shape index (κ1) is 16.3. The van der Waals surface area contributed by atoms with Gasteiger partial charge in [-0.1, -0.05) is 0 Å². The molecule has 0 aromatic rings. The molecular weight excluding hydrogens is 190 g/mol. The van der Waals surface area contributed by atoms with Crippen molar-refractivity contribution < 1.29 is 20.4 Å². The summed E-state index contributed by atoms with van der Waals surface area (Å²) in [5.74, 6) is 0. The molecule has 0 aliphatic carbocycles. The van der Waals surface area contributed by atoms with Crippen molar-refractivity contribution in [3.8, 4) is 0 Å². The molecule has 0 saturated heterocycles. The fourth-order valence-electron chi connectivity index (χ4n) is 0. The van der Waals surface area contributed by atoms with Gasteiger partial charge in [0.2, 0.25) is 0 Å². The van der Waals surface area contributed by atoms with Crippen LogP contribution in [0.15, 0.2) is 0 Å². The van der Waals surface area contributed by atoms with Crippen molar-refractivity contribution in [2.24, 2.45) is 0 Å². The van der Waals surface area contributed by atoms with Crippen molar-refractivity contribution in [3.05, 3.63) is 31.9 Å². The Hall–Kier alpha value is -0.718. The van der Waals surface area contributed by atoms with Gasteiger partial charge in [0.1, 0.15) is 0 Å². The van der Waals surface area contributed by atoms with Gasteiger partial charge in [-0.25, -0.2) is 0 Å². The third-order valence-corrected chi connectivity index (χ3v) is 0. The molecule has 0 fully saturated rings. The van der Waals surface area contributed by atoms with Gasteiger partial charge in [0.25, 0.3) is 0 Å². The molecule has 6 nitrogen and oxygen atoms in total. The van der Waals surface area contributed by atoms with E-state index in [9.17, 15) is 0 Å². The molecule has 0 N–H and O–H groups in total. The minimum Gasteiger partial charge on any atom is -0.373 e. The maximum Gasteiger partial charge on any atom is 2.00 e. The van der Waals surface area contributed by atoms with Crippen LogP contribution in [0.3, 0.4) is 0 Å². The van der Waals surface area contributed by atoms with Crippen LogP contribution in [-0.4, -0.2) is 0 Å². The molecule has 7 heavy (non-hydrogen) atoms. The summed E-state index contributed by atoms with van der Waals surface area (Å²) in [5, 5.41) is 0. The van der Waals surface area contributed by atoms with E-state index in [0.717, 1.165) is 0 Å². The average molecular weight is 190 g/mol. The predicted molar refractivity (Wildman–Crippen MR) is 20.2 cm³/mol. The van der Waals surface area contributed by atoms with Crippen LogP contribution in [-0.2, 0) is 20.4 Å². The Balaban J connectivity index is -0.0000000400. The van der Waals surface area contributed by atoms with Crippen molar-refractivity contribution in [1.29, 1.82) is 0 Å². The molecule has 0 aromatic heterocycles. The monoisotopic (exact) mass is 190 g/mol. The zero-order valence-corrected chi connectivity index (χ0v) is 4.55. The standard InChI is InChI=1S/2N3.Pd/c2*1-3-2;/q2*-1;+2. The Bertz CT molecular complexity index is 58.2. The maximum atomic E-state index is 6.75. The second-order valence-electron chi connectivity index (χ2n) is 0.179. The van der Waals surface area contributed by atoms with E-state index in [4.69, 9.17) is 22.1 Å². The Morgan fingerprint density at radius 2 is 0.714 bits per heavy atom. The second kappa shape index (κ2) is 58.9. The number of hydrogen-bond acceptors (Lipinski definition) is 0. The summed E-state index contributed by atoms with van der Waals surface area (Å²) in [6.45, 7) is 0. The van der Waals surface area contributed by atoms with Gasteiger partial charge >= 0.3 is 20.4 Å². The van der Waals surface area contributed by atoms with E-state index in [0.29, 0.717) is 0 Å². The molecule has 0 radical (unpaired) electrons. The molecule has 0 aromatic carbocycles. The number of hydrogen-bond donors (Lipinski definition) is 0. The molecule has 0 amide bonds. The van der Waals surface area contributed by atoms with Gasteiger partial charge < -0.3 is 22.1 Å². The summed E-state index contributed by atoms with van der Waals surface area (Å²) in [5.41, 5.74) is 27.0. The quantitative estimate of drug-likeness (QED) is 0.239. The molecule has 7 heteroatoms. The van der Waals surface area contributed by atoms with Crippen molar-refractivity contribution in [1.82, 2.24) is 0 Å². The third-order valence-electron chi connectivity index (χ3n) is 0. The summed E-state index contributed by atoms with van der Waals surface area (Å²) in [6.07, 6.45) is 0. The Labute approximate surface area is 53.0 Å². The first-order valence-electron chi connectivity index (χ1n) is 0.800. The molecule has 0 aliphatic heterocycles. The Morgan fingerprint density at radius 3 is 0.714 bits per heavy atom. The molecule has 0 bridgehead atoms. The van der Waals surface area contributed by atoms with E-state index >= 15 is 0 Å². The molecule has 0 saturated carbocycles. The molecule has 0 spiro atoms. The van der Waals surface area contributed by atoms with Crippen molar-refractivity contribution >= 4 is 0 Å².